The van der Waals surface area contributed by atoms with Crippen LogP contribution in [0.4, 0.5) is 0 Å². The largest absolute Gasteiger partial charge is 0.396 e. The smallest absolute Gasteiger partial charge is 0.153 e. The molecule has 1 atom stereocenters. The first-order chi connectivity index (χ1) is 7.44. The maximum atomic E-state index is 11.5. The number of hydrogen-bond donors (Lipinski definition) is 2. The van der Waals surface area contributed by atoms with Crippen LogP contribution >= 0.6 is 0 Å². The third kappa shape index (κ3) is 6.42. The zero-order valence-electron chi connectivity index (χ0n) is 10.3. The highest BCUT2D eigenvalue weighted by Crippen LogP contribution is 2.00. The number of methoxy groups -OCH3 is 1. The maximum Gasteiger partial charge on any atom is 0.153 e. The molecule has 0 saturated carbocycles. The second-order valence-electron chi connectivity index (χ2n) is 4.03. The fraction of sp³-hybridized carbons (Fsp3) is 1.00. The molecule has 0 fully saturated rings. The first-order valence-corrected chi connectivity index (χ1v) is 7.20. The molecule has 0 radical (unpaired) electrons. The van der Waals surface area contributed by atoms with Gasteiger partial charge in [-0.3, -0.25) is 0 Å². The molecule has 2 N–H and O–H groups in total. The molecule has 1 unspecified atom stereocenters. The Morgan fingerprint density at radius 3 is 2.44 bits per heavy atom. The minimum atomic E-state index is -2.99. The third-order valence-electron chi connectivity index (χ3n) is 2.38. The first kappa shape index (κ1) is 15.8. The predicted molar refractivity (Wildman–Crippen MR) is 64.3 cm³/mol. The molecule has 0 aliphatic carbocycles. The van der Waals surface area contributed by atoms with E-state index in [2.05, 4.69) is 5.32 Å². The van der Waals surface area contributed by atoms with Gasteiger partial charge in [-0.1, -0.05) is 0 Å². The molecular formula is C10H23NO4S. The van der Waals surface area contributed by atoms with Gasteiger partial charge in [0, 0.05) is 26.3 Å². The average molecular weight is 253 g/mol. The Morgan fingerprint density at radius 2 is 2.00 bits per heavy atom. The summed E-state index contributed by atoms with van der Waals surface area (Å²) in [7, 11) is -1.41. The number of aliphatic hydroxyl groups excluding tert-OH is 1. The quantitative estimate of drug-likeness (QED) is 0.595. The van der Waals surface area contributed by atoms with Crippen LogP contribution in [0.2, 0.25) is 0 Å². The molecule has 16 heavy (non-hydrogen) atoms. The van der Waals surface area contributed by atoms with E-state index in [9.17, 15) is 8.42 Å². The molecule has 6 heteroatoms. The van der Waals surface area contributed by atoms with Crippen molar-refractivity contribution in [2.75, 3.05) is 32.6 Å². The zero-order valence-corrected chi connectivity index (χ0v) is 11.1. The van der Waals surface area contributed by atoms with E-state index in [0.717, 1.165) is 0 Å². The third-order valence-corrected chi connectivity index (χ3v) is 4.59. The van der Waals surface area contributed by atoms with Crippen LogP contribution in [-0.2, 0) is 14.6 Å². The van der Waals surface area contributed by atoms with Crippen molar-refractivity contribution in [3.05, 3.63) is 0 Å². The average Bonchev–Trinajstić information content (AvgIpc) is 2.17. The highest BCUT2D eigenvalue weighted by Gasteiger charge is 2.16. The fourth-order valence-electron chi connectivity index (χ4n) is 1.24. The monoisotopic (exact) mass is 253 g/mol. The fourth-order valence-corrected chi connectivity index (χ4v) is 2.12. The summed E-state index contributed by atoms with van der Waals surface area (Å²) in [5.41, 5.74) is 0. The Morgan fingerprint density at radius 1 is 1.38 bits per heavy atom. The van der Waals surface area contributed by atoms with Gasteiger partial charge < -0.3 is 15.2 Å². The summed E-state index contributed by atoms with van der Waals surface area (Å²) in [5.74, 6) is 0.121. The summed E-state index contributed by atoms with van der Waals surface area (Å²) in [6.07, 6.45) is 0.565. The summed E-state index contributed by atoms with van der Waals surface area (Å²) in [5, 5.41) is 11.5. The summed E-state index contributed by atoms with van der Waals surface area (Å²) in [4.78, 5) is 0. The molecule has 0 aromatic rings. The van der Waals surface area contributed by atoms with Crippen molar-refractivity contribution in [3.8, 4) is 0 Å². The normalized spacial score (nSPS) is 14.3. The van der Waals surface area contributed by atoms with Crippen LogP contribution < -0.4 is 5.32 Å². The lowest BCUT2D eigenvalue weighted by Crippen LogP contribution is -2.38. The molecule has 0 aliphatic rings. The lowest BCUT2D eigenvalue weighted by atomic mass is 10.2. The number of sulfone groups is 1. The first-order valence-electron chi connectivity index (χ1n) is 5.48. The van der Waals surface area contributed by atoms with Crippen LogP contribution in [0.5, 0.6) is 0 Å². The number of ether oxygens (including phenoxy) is 1. The molecule has 98 valence electrons. The Hall–Kier alpha value is -0.170. The number of rotatable bonds is 9. The van der Waals surface area contributed by atoms with Crippen molar-refractivity contribution in [2.24, 2.45) is 0 Å². The standard InChI is InChI=1S/C10H23NO4S/c1-9(2)16(13,14)7-5-11-10(4-6-12)8-15-3/h9-12H,4-8H2,1-3H3. The lowest BCUT2D eigenvalue weighted by molar-refractivity contribution is 0.149. The molecule has 0 spiro atoms. The summed E-state index contributed by atoms with van der Waals surface area (Å²) in [6, 6.07) is 0.0114. The van der Waals surface area contributed by atoms with Crippen LogP contribution in [0.15, 0.2) is 0 Å². The molecule has 0 aromatic carbocycles. The minimum absolute atomic E-state index is 0.0114. The Labute approximate surface area is 98.1 Å². The van der Waals surface area contributed by atoms with Gasteiger partial charge in [0.25, 0.3) is 0 Å². The number of aliphatic hydroxyl groups is 1. The van der Waals surface area contributed by atoms with Gasteiger partial charge in [0.15, 0.2) is 9.84 Å². The van der Waals surface area contributed by atoms with E-state index in [-0.39, 0.29) is 23.7 Å². The van der Waals surface area contributed by atoms with Crippen molar-refractivity contribution < 1.29 is 18.3 Å². The van der Waals surface area contributed by atoms with E-state index >= 15 is 0 Å². The van der Waals surface area contributed by atoms with Crippen molar-refractivity contribution in [2.45, 2.75) is 31.6 Å². The molecule has 0 bridgehead atoms. The van der Waals surface area contributed by atoms with Gasteiger partial charge in [0.05, 0.1) is 17.6 Å². The number of nitrogens with one attached hydrogen (secondary N) is 1. The predicted octanol–water partition coefficient (Wildman–Crippen LogP) is -0.203. The van der Waals surface area contributed by atoms with Crippen molar-refractivity contribution in [1.29, 1.82) is 0 Å². The Bertz CT molecular complexity index is 258. The van der Waals surface area contributed by atoms with E-state index in [1.165, 1.54) is 0 Å². The Balaban J connectivity index is 3.94. The maximum absolute atomic E-state index is 11.5. The van der Waals surface area contributed by atoms with Crippen LogP contribution in [0.1, 0.15) is 20.3 Å². The molecule has 0 aromatic heterocycles. The van der Waals surface area contributed by atoms with E-state index < -0.39 is 9.84 Å². The topological polar surface area (TPSA) is 75.6 Å². The van der Waals surface area contributed by atoms with Crippen LogP contribution in [0.3, 0.4) is 0 Å². The highest BCUT2D eigenvalue weighted by molar-refractivity contribution is 7.92. The molecule has 0 aliphatic heterocycles. The van der Waals surface area contributed by atoms with Gasteiger partial charge >= 0.3 is 0 Å². The molecule has 0 heterocycles. The van der Waals surface area contributed by atoms with E-state index in [1.807, 2.05) is 0 Å². The second kappa shape index (κ2) is 8.00. The second-order valence-corrected chi connectivity index (χ2v) is 6.71. The van der Waals surface area contributed by atoms with Crippen molar-refractivity contribution >= 4 is 9.84 Å². The molecule has 0 amide bonds. The molecule has 0 saturated heterocycles. The van der Waals surface area contributed by atoms with Gasteiger partial charge in [-0.2, -0.15) is 0 Å². The highest BCUT2D eigenvalue weighted by atomic mass is 32.2. The van der Waals surface area contributed by atoms with Crippen LogP contribution in [-0.4, -0.2) is 57.4 Å². The van der Waals surface area contributed by atoms with Crippen LogP contribution in [0.25, 0.3) is 0 Å². The molecule has 0 rings (SSSR count). The van der Waals surface area contributed by atoms with Crippen molar-refractivity contribution in [3.63, 3.8) is 0 Å². The summed E-state index contributed by atoms with van der Waals surface area (Å²) in [6.45, 7) is 4.29. The SMILES string of the molecule is COCC(CCO)NCCS(=O)(=O)C(C)C. The Kier molecular flexibility index (Phi) is 7.91. The van der Waals surface area contributed by atoms with Crippen molar-refractivity contribution in [1.82, 2.24) is 5.32 Å². The van der Waals surface area contributed by atoms with Gasteiger partial charge in [-0.25, -0.2) is 8.42 Å². The summed E-state index contributed by atoms with van der Waals surface area (Å²) >= 11 is 0. The van der Waals surface area contributed by atoms with E-state index in [1.54, 1.807) is 21.0 Å². The molecular weight excluding hydrogens is 230 g/mol. The minimum Gasteiger partial charge on any atom is -0.396 e. The lowest BCUT2D eigenvalue weighted by Gasteiger charge is -2.17. The van der Waals surface area contributed by atoms with E-state index in [4.69, 9.17) is 9.84 Å². The number of hydrogen-bond acceptors (Lipinski definition) is 5. The molecule has 5 nitrogen and oxygen atoms in total. The van der Waals surface area contributed by atoms with Gasteiger partial charge in [0.2, 0.25) is 0 Å². The van der Waals surface area contributed by atoms with Gasteiger partial charge in [0.1, 0.15) is 0 Å². The van der Waals surface area contributed by atoms with Crippen LogP contribution in [0, 0.1) is 0 Å². The van der Waals surface area contributed by atoms with Gasteiger partial charge in [-0.15, -0.1) is 0 Å². The summed E-state index contributed by atoms with van der Waals surface area (Å²) < 4.78 is 28.0. The van der Waals surface area contributed by atoms with E-state index in [0.29, 0.717) is 19.6 Å². The zero-order chi connectivity index (χ0) is 12.6. The van der Waals surface area contributed by atoms with Gasteiger partial charge in [-0.05, 0) is 20.3 Å².